The van der Waals surface area contributed by atoms with E-state index in [4.69, 9.17) is 0 Å². The van der Waals surface area contributed by atoms with E-state index in [-0.39, 0.29) is 431 Å². The molecule has 0 aromatic carbocycles. The quantitative estimate of drug-likeness (QED) is 0.107. The van der Waals surface area contributed by atoms with Gasteiger partial charge in [0.25, 0.3) is 0 Å². The molecule has 0 atom stereocenters. The fraction of sp³-hybridized carbons (Fsp3) is 0.321. The molecule has 0 aliphatic heterocycles. The Balaban J connectivity index is -0.0000000810. The summed E-state index contributed by atoms with van der Waals surface area (Å²) in [6.07, 6.45) is 28.9. The van der Waals surface area contributed by atoms with E-state index < -0.39 is 0 Å². The van der Waals surface area contributed by atoms with Crippen molar-refractivity contribution in [1.29, 1.82) is 0 Å². The molecule has 4 radical (unpaired) electrons. The van der Waals surface area contributed by atoms with Gasteiger partial charge in [-0.3, -0.25) is 33.4 Å². The van der Waals surface area contributed by atoms with Crippen LogP contribution in [-0.2, 0) is 101 Å². The van der Waals surface area contributed by atoms with Crippen LogP contribution >= 0.6 is 0 Å². The normalized spacial score (nSPS) is 8.42. The molecule has 0 amide bonds. The second-order valence-electron chi connectivity index (χ2n) is 14.4. The maximum absolute atomic E-state index is 4.12. The first-order valence-corrected chi connectivity index (χ1v) is 21.3. The van der Waals surface area contributed by atoms with E-state index in [1.165, 1.54) is 5.82 Å². The van der Waals surface area contributed by atoms with Crippen LogP contribution in [0, 0.1) is 145 Å². The molecule has 0 N–H and O–H groups in total. The van der Waals surface area contributed by atoms with E-state index in [2.05, 4.69) is 160 Å². The molecular formula is C56H69N8Rb6Re4-. The number of imidazole rings is 2. The first-order chi connectivity index (χ1) is 30.3. The molecule has 0 unspecified atom stereocenters. The van der Waals surface area contributed by atoms with Crippen LogP contribution < -0.4 is 363 Å². The fourth-order valence-electron chi connectivity index (χ4n) is 5.81. The summed E-state index contributed by atoms with van der Waals surface area (Å²) in [6, 6.07) is 12.6. The number of aryl methyl sites for hydroxylation is 13. The molecule has 6 aromatic rings. The Bertz CT molecular complexity index is 2540. The first kappa shape index (κ1) is 103. The summed E-state index contributed by atoms with van der Waals surface area (Å²) in [7, 11) is 0. The van der Waals surface area contributed by atoms with Gasteiger partial charge in [-0.2, -0.15) is 49.7 Å². The zero-order valence-electron chi connectivity index (χ0n) is 48.9. The molecule has 8 nitrogen and oxygen atoms in total. The van der Waals surface area contributed by atoms with Crippen molar-refractivity contribution in [2.24, 2.45) is 0 Å². The van der Waals surface area contributed by atoms with Gasteiger partial charge in [-0.1, -0.05) is 20.0 Å². The fourth-order valence-corrected chi connectivity index (χ4v) is 5.81. The van der Waals surface area contributed by atoms with E-state index in [0.29, 0.717) is 0 Å². The molecular weight excluding hydrogens is 2040 g/mol. The molecule has 0 saturated carbocycles. The second kappa shape index (κ2) is 58.9. The molecule has 0 saturated heterocycles. The van der Waals surface area contributed by atoms with Crippen molar-refractivity contribution in [2.75, 3.05) is 0 Å². The molecule has 74 heavy (non-hydrogen) atoms. The van der Waals surface area contributed by atoms with Crippen molar-refractivity contribution >= 4 is 36.7 Å². The minimum Gasteiger partial charge on any atom is -0.472 e. The van der Waals surface area contributed by atoms with Crippen LogP contribution in [0.15, 0.2) is 39.5 Å². The maximum Gasteiger partial charge on any atom is 1.00 e. The number of nitrogens with zero attached hydrogens (tertiary/aromatic N) is 8. The van der Waals surface area contributed by atoms with Crippen LogP contribution in [-0.4, -0.2) is 24.1 Å². The van der Waals surface area contributed by atoms with Crippen LogP contribution in [0.25, 0.3) is 36.7 Å². The summed E-state index contributed by atoms with van der Waals surface area (Å²) >= 11 is 0. The predicted molar refractivity (Wildman–Crippen MR) is 264 cm³/mol. The Morgan fingerprint density at radius 3 is 1.38 bits per heavy atom. The molecule has 6 heterocycles. The Labute approximate surface area is 798 Å². The topological polar surface area (TPSA) is 60.2 Å². The van der Waals surface area contributed by atoms with Crippen molar-refractivity contribution in [3.8, 4) is 0 Å². The third kappa shape index (κ3) is 39.0. The number of hydrogen-bond acceptors (Lipinski definition) is 3. The minimum absolute atomic E-state index is 0. The van der Waals surface area contributed by atoms with Crippen molar-refractivity contribution in [1.82, 2.24) is 24.1 Å². The number of hydrogen-bond donors (Lipinski definition) is 0. The molecule has 6 aromatic heterocycles. The van der Waals surface area contributed by atoms with Gasteiger partial charge in [-0.25, -0.2) is 41.0 Å². The smallest absolute Gasteiger partial charge is 0.472 e. The van der Waals surface area contributed by atoms with E-state index in [1.807, 2.05) is 90.5 Å². The summed E-state index contributed by atoms with van der Waals surface area (Å²) in [5.41, 5.74) is 14.4. The Kier molecular flexibility index (Phi) is 81.9. The average molecular weight is 2110 g/mol. The number of aromatic nitrogens is 8. The Morgan fingerprint density at radius 1 is 0.514 bits per heavy atom. The number of pyridine rings is 4. The zero-order valence-corrected chi connectivity index (χ0v) is 89.3. The Morgan fingerprint density at radius 2 is 1.01 bits per heavy atom. The molecule has 0 spiro atoms. The van der Waals surface area contributed by atoms with Gasteiger partial charge < -0.3 is 38.8 Å². The minimum atomic E-state index is 0. The predicted octanol–water partition coefficient (Wildman–Crippen LogP) is -7.68. The average Bonchev–Trinajstić information content (AvgIpc) is 3.78. The summed E-state index contributed by atoms with van der Waals surface area (Å²) in [4.78, 5) is 12.0. The van der Waals surface area contributed by atoms with Crippen molar-refractivity contribution in [3.05, 3.63) is 191 Å². The number of rotatable bonds is 9. The van der Waals surface area contributed by atoms with Crippen LogP contribution in [0.1, 0.15) is 111 Å². The molecule has 368 valence electrons. The second-order valence-corrected chi connectivity index (χ2v) is 14.4. The SMILES string of the molecule is C=C[n+]1[c-]c(C)n(CC)c1C.C=Cc1[c-]c(C)[n+](CC)[c-]c1C.C=Cc1[c-]c(C)c(C)[c-][n+]1CC.C=Cc1[c-]c(C)c(C)[c-]n1.C=Cc1[c-]c(C)n[c-]c1C.C=Cn1[c-]c(C)nc1C.[Rb+].[Rb+].[Rb+].[Rb+].[Rb+].[Rb+].[Re].[Re].[Re].[Re]. The van der Waals surface area contributed by atoms with Crippen molar-refractivity contribution < 1.29 is 445 Å². The van der Waals surface area contributed by atoms with E-state index in [9.17, 15) is 0 Å². The molecule has 0 aliphatic rings. The summed E-state index contributed by atoms with van der Waals surface area (Å²) in [5, 5.41) is 0. The van der Waals surface area contributed by atoms with Gasteiger partial charge in [0.05, 0.1) is 18.4 Å². The third-order valence-corrected chi connectivity index (χ3v) is 9.73. The zero-order chi connectivity index (χ0) is 48.7. The third-order valence-electron chi connectivity index (χ3n) is 9.73. The molecule has 0 bridgehead atoms. The van der Waals surface area contributed by atoms with Crippen LogP contribution in [0.2, 0.25) is 0 Å². The van der Waals surface area contributed by atoms with Gasteiger partial charge in [0, 0.05) is 99.8 Å². The molecule has 0 fully saturated rings. The van der Waals surface area contributed by atoms with Gasteiger partial charge >= 0.3 is 349 Å². The Hall–Kier alpha value is 6.94. The van der Waals surface area contributed by atoms with E-state index >= 15 is 0 Å². The van der Waals surface area contributed by atoms with Crippen LogP contribution in [0.3, 0.4) is 0 Å². The summed E-state index contributed by atoms with van der Waals surface area (Å²) < 4.78 is 9.97. The van der Waals surface area contributed by atoms with Gasteiger partial charge in [-0.15, -0.1) is 79.0 Å². The standard InChI is InChI=1S/2C11H14N.C9H14N2.2C9H9N.C7H9N2.6Rb.4Re/c1-5-11-7-10(4)12(6-2)8-9(11)3;1-5-11-7-9(3)10(4)8-12(11)6-2;1-5-10-7-8(3)11(6-2)9(10)4;1-4-9-5-8(3)10-6-7(9)2;1-4-9-5-7(2)8(3)6-10-9;1-4-9-5-6(2)8-7(9)3;;;;;;;;;;/h2*5H,1,6H2,2-4H3;5H,1,6H2,2-4H3;2*4H,1H2,2-3H3;4H,1H2,2-3H3;;;;;;;;;;/q2*-1;;2*-2;-1;6*+1;;;;. The van der Waals surface area contributed by atoms with Gasteiger partial charge in [0.15, 0.2) is 5.82 Å². The van der Waals surface area contributed by atoms with E-state index in [1.54, 1.807) is 29.1 Å². The molecule has 6 rings (SSSR count). The monoisotopic (exact) mass is 2110 g/mol. The van der Waals surface area contributed by atoms with Crippen molar-refractivity contribution in [3.63, 3.8) is 0 Å². The first-order valence-electron chi connectivity index (χ1n) is 21.3. The maximum atomic E-state index is 4.12. The van der Waals surface area contributed by atoms with E-state index in [0.717, 1.165) is 104 Å². The molecule has 0 aliphatic carbocycles. The van der Waals surface area contributed by atoms with Gasteiger partial charge in [0.2, 0.25) is 0 Å². The summed E-state index contributed by atoms with van der Waals surface area (Å²) in [6.45, 7) is 55.1. The van der Waals surface area contributed by atoms with Gasteiger partial charge in [0.1, 0.15) is 13.1 Å². The van der Waals surface area contributed by atoms with Crippen LogP contribution in [0.5, 0.6) is 0 Å². The van der Waals surface area contributed by atoms with Gasteiger partial charge in [-0.05, 0) is 71.9 Å². The summed E-state index contributed by atoms with van der Waals surface area (Å²) in [5.74, 6) is 2.11. The van der Waals surface area contributed by atoms with Crippen LogP contribution in [0.4, 0.5) is 0 Å². The van der Waals surface area contributed by atoms with Crippen molar-refractivity contribution in [2.45, 2.75) is 123 Å². The molecule has 18 heteroatoms. The largest absolute Gasteiger partial charge is 1.00 e.